The number of anilines is 1. The van der Waals surface area contributed by atoms with Crippen LogP contribution in [0.2, 0.25) is 0 Å². The van der Waals surface area contributed by atoms with Crippen molar-refractivity contribution in [3.05, 3.63) is 29.6 Å². The van der Waals surface area contributed by atoms with Crippen molar-refractivity contribution in [2.45, 2.75) is 25.4 Å². The Labute approximate surface area is 113 Å². The number of benzene rings is 1. The van der Waals surface area contributed by atoms with Gasteiger partial charge in [0.1, 0.15) is 11.7 Å². The van der Waals surface area contributed by atoms with E-state index in [-0.39, 0.29) is 11.5 Å². The molecular weight excluding hydrogens is 278 g/mol. The number of alkyl halides is 3. The van der Waals surface area contributed by atoms with Crippen LogP contribution in [-0.4, -0.2) is 17.6 Å². The van der Waals surface area contributed by atoms with Gasteiger partial charge in [0.25, 0.3) is 0 Å². The van der Waals surface area contributed by atoms with Crippen LogP contribution in [0, 0.1) is 5.82 Å². The molecule has 4 N–H and O–H groups in total. The molecule has 0 spiro atoms. The van der Waals surface area contributed by atoms with Crippen LogP contribution < -0.4 is 11.1 Å². The lowest BCUT2D eigenvalue weighted by atomic mass is 10.1. The highest BCUT2D eigenvalue weighted by Gasteiger charge is 2.34. The average Bonchev–Trinajstić information content (AvgIpc) is 2.38. The Bertz CT molecular complexity index is 474. The second kappa shape index (κ2) is 6.97. The summed E-state index contributed by atoms with van der Waals surface area (Å²) in [4.78, 5) is 0. The highest BCUT2D eigenvalue weighted by atomic mass is 19.4. The van der Waals surface area contributed by atoms with Crippen LogP contribution in [0.15, 0.2) is 23.4 Å². The van der Waals surface area contributed by atoms with Crippen molar-refractivity contribution in [2.75, 3.05) is 11.9 Å². The first kappa shape index (κ1) is 16.1. The fraction of sp³-hybridized carbons (Fsp3) is 0.417. The van der Waals surface area contributed by atoms with E-state index in [1.165, 1.54) is 6.07 Å². The van der Waals surface area contributed by atoms with Gasteiger partial charge in [-0.1, -0.05) is 5.16 Å². The van der Waals surface area contributed by atoms with E-state index in [1.54, 1.807) is 0 Å². The largest absolute Gasteiger partial charge is 0.419 e. The summed E-state index contributed by atoms with van der Waals surface area (Å²) >= 11 is 0. The first-order valence-electron chi connectivity index (χ1n) is 5.91. The maximum atomic E-state index is 13.0. The maximum Gasteiger partial charge on any atom is 0.419 e. The van der Waals surface area contributed by atoms with Crippen molar-refractivity contribution in [3.8, 4) is 0 Å². The minimum Gasteiger partial charge on any atom is -0.409 e. The number of oxime groups is 1. The van der Waals surface area contributed by atoms with Crippen molar-refractivity contribution in [2.24, 2.45) is 10.9 Å². The first-order valence-corrected chi connectivity index (χ1v) is 5.91. The van der Waals surface area contributed by atoms with Gasteiger partial charge < -0.3 is 16.3 Å². The highest BCUT2D eigenvalue weighted by Crippen LogP contribution is 2.32. The zero-order valence-electron chi connectivity index (χ0n) is 10.5. The fourth-order valence-corrected chi connectivity index (χ4v) is 1.57. The molecule has 0 aliphatic carbocycles. The van der Waals surface area contributed by atoms with E-state index in [9.17, 15) is 17.6 Å². The molecular formula is C12H15F4N3O. The summed E-state index contributed by atoms with van der Waals surface area (Å²) in [7, 11) is 0. The third kappa shape index (κ3) is 4.94. The minimum absolute atomic E-state index is 0.103. The van der Waals surface area contributed by atoms with E-state index in [2.05, 4.69) is 10.5 Å². The normalized spacial score (nSPS) is 12.5. The molecule has 0 heterocycles. The number of unbranched alkanes of at least 4 members (excludes halogenated alkanes) is 1. The SMILES string of the molecule is NC(CCCCNc1ccc(F)c(C(F)(F)F)c1)=NO. The third-order valence-electron chi connectivity index (χ3n) is 2.59. The van der Waals surface area contributed by atoms with Crippen molar-refractivity contribution >= 4 is 11.5 Å². The molecule has 8 heteroatoms. The van der Waals surface area contributed by atoms with Gasteiger partial charge in [0, 0.05) is 18.7 Å². The van der Waals surface area contributed by atoms with Crippen molar-refractivity contribution in [1.82, 2.24) is 0 Å². The van der Waals surface area contributed by atoms with Crippen LogP contribution in [0.4, 0.5) is 23.2 Å². The molecule has 0 aliphatic heterocycles. The molecule has 0 saturated heterocycles. The molecule has 0 radical (unpaired) electrons. The number of hydrogen-bond acceptors (Lipinski definition) is 3. The monoisotopic (exact) mass is 293 g/mol. The van der Waals surface area contributed by atoms with E-state index < -0.39 is 17.6 Å². The van der Waals surface area contributed by atoms with E-state index in [0.29, 0.717) is 25.8 Å². The van der Waals surface area contributed by atoms with E-state index in [1.807, 2.05) is 0 Å². The number of nitrogens with zero attached hydrogens (tertiary/aromatic N) is 1. The maximum absolute atomic E-state index is 13.0. The first-order chi connectivity index (χ1) is 9.34. The molecule has 1 rings (SSSR count). The van der Waals surface area contributed by atoms with Crippen molar-refractivity contribution in [3.63, 3.8) is 0 Å². The summed E-state index contributed by atoms with van der Waals surface area (Å²) in [5, 5.41) is 13.9. The Balaban J connectivity index is 2.49. The van der Waals surface area contributed by atoms with Crippen LogP contribution in [0.5, 0.6) is 0 Å². The topological polar surface area (TPSA) is 70.6 Å². The van der Waals surface area contributed by atoms with Gasteiger partial charge in [0.15, 0.2) is 0 Å². The summed E-state index contributed by atoms with van der Waals surface area (Å²) in [5.74, 6) is -1.19. The number of halogens is 4. The van der Waals surface area contributed by atoms with Gasteiger partial charge in [-0.05, 0) is 31.0 Å². The Morgan fingerprint density at radius 1 is 1.30 bits per heavy atom. The molecule has 0 fully saturated rings. The molecule has 0 amide bonds. The average molecular weight is 293 g/mol. The summed E-state index contributed by atoms with van der Waals surface area (Å²) in [6.07, 6.45) is -3.08. The van der Waals surface area contributed by atoms with E-state index in [0.717, 1.165) is 12.1 Å². The lowest BCUT2D eigenvalue weighted by Crippen LogP contribution is -2.12. The summed E-state index contributed by atoms with van der Waals surface area (Å²) in [6.45, 7) is 0.404. The standard InChI is InChI=1S/C12H15F4N3O/c13-10-5-4-8(7-9(10)12(14,15)16)18-6-2-1-3-11(17)19-20/h4-5,7,18,20H,1-3,6H2,(H2,17,19). The van der Waals surface area contributed by atoms with Crippen LogP contribution in [0.1, 0.15) is 24.8 Å². The summed E-state index contributed by atoms with van der Waals surface area (Å²) in [6, 6.07) is 2.76. The number of nitrogens with one attached hydrogen (secondary N) is 1. The quantitative estimate of drug-likeness (QED) is 0.188. The van der Waals surface area contributed by atoms with Gasteiger partial charge in [-0.15, -0.1) is 0 Å². The predicted molar refractivity (Wildman–Crippen MR) is 67.2 cm³/mol. The van der Waals surface area contributed by atoms with Crippen molar-refractivity contribution < 1.29 is 22.8 Å². The summed E-state index contributed by atoms with van der Waals surface area (Å²) < 4.78 is 50.5. The van der Waals surface area contributed by atoms with Gasteiger partial charge in [0.05, 0.1) is 5.56 Å². The van der Waals surface area contributed by atoms with Crippen LogP contribution in [-0.2, 0) is 6.18 Å². The molecule has 0 aliphatic rings. The highest BCUT2D eigenvalue weighted by molar-refractivity contribution is 5.79. The molecule has 0 unspecified atom stereocenters. The molecule has 0 saturated carbocycles. The number of amidine groups is 1. The number of nitrogens with two attached hydrogens (primary N) is 1. The minimum atomic E-state index is -4.71. The fourth-order valence-electron chi connectivity index (χ4n) is 1.57. The molecule has 4 nitrogen and oxygen atoms in total. The van der Waals surface area contributed by atoms with E-state index in [4.69, 9.17) is 10.9 Å². The molecule has 1 aromatic rings. The molecule has 0 bridgehead atoms. The van der Waals surface area contributed by atoms with Crippen LogP contribution in [0.3, 0.4) is 0 Å². The zero-order chi connectivity index (χ0) is 15.2. The van der Waals surface area contributed by atoms with Gasteiger partial charge >= 0.3 is 6.18 Å². The van der Waals surface area contributed by atoms with Gasteiger partial charge in [-0.25, -0.2) is 4.39 Å². The van der Waals surface area contributed by atoms with Gasteiger partial charge in [0.2, 0.25) is 0 Å². The van der Waals surface area contributed by atoms with Crippen LogP contribution >= 0.6 is 0 Å². The van der Waals surface area contributed by atoms with Gasteiger partial charge in [-0.2, -0.15) is 13.2 Å². The second-order valence-electron chi connectivity index (χ2n) is 4.17. The lowest BCUT2D eigenvalue weighted by Gasteiger charge is -2.11. The lowest BCUT2D eigenvalue weighted by molar-refractivity contribution is -0.139. The van der Waals surface area contributed by atoms with Gasteiger partial charge in [-0.3, -0.25) is 0 Å². The summed E-state index contributed by atoms with van der Waals surface area (Å²) in [5.41, 5.74) is 4.17. The number of rotatable bonds is 6. The van der Waals surface area contributed by atoms with E-state index >= 15 is 0 Å². The Hall–Kier alpha value is -1.99. The number of hydrogen-bond donors (Lipinski definition) is 3. The third-order valence-corrected chi connectivity index (χ3v) is 2.59. The second-order valence-corrected chi connectivity index (χ2v) is 4.17. The molecule has 1 aromatic carbocycles. The Morgan fingerprint density at radius 3 is 2.60 bits per heavy atom. The molecule has 0 aromatic heterocycles. The molecule has 0 atom stereocenters. The Morgan fingerprint density at radius 2 is 2.00 bits per heavy atom. The smallest absolute Gasteiger partial charge is 0.409 e. The zero-order valence-corrected chi connectivity index (χ0v) is 10.5. The Kier molecular flexibility index (Phi) is 5.60. The van der Waals surface area contributed by atoms with Crippen LogP contribution in [0.25, 0.3) is 0 Å². The molecule has 112 valence electrons. The molecule has 20 heavy (non-hydrogen) atoms. The van der Waals surface area contributed by atoms with Crippen molar-refractivity contribution in [1.29, 1.82) is 0 Å². The predicted octanol–water partition coefficient (Wildman–Crippen LogP) is 3.17.